The number of nitrogens with zero attached hydrogens (tertiary/aromatic N) is 1. The minimum Gasteiger partial charge on any atom is -0.477 e. The van der Waals surface area contributed by atoms with Gasteiger partial charge < -0.3 is 15.5 Å². The molecule has 1 aromatic heterocycles. The van der Waals surface area contributed by atoms with Crippen LogP contribution in [0.25, 0.3) is 0 Å². The highest BCUT2D eigenvalue weighted by molar-refractivity contribution is 5.85. The molecule has 19 heavy (non-hydrogen) atoms. The fourth-order valence-electron chi connectivity index (χ4n) is 2.51. The van der Waals surface area contributed by atoms with Crippen LogP contribution in [0.4, 0.5) is 0 Å². The van der Waals surface area contributed by atoms with E-state index in [1.807, 2.05) is 0 Å². The number of hydrogen-bond acceptors (Lipinski definition) is 4. The largest absolute Gasteiger partial charge is 0.477 e. The summed E-state index contributed by atoms with van der Waals surface area (Å²) < 4.78 is 0. The summed E-state index contributed by atoms with van der Waals surface area (Å²) in [6.07, 6.45) is 4.02. The lowest BCUT2D eigenvalue weighted by molar-refractivity contribution is 0.0690. The van der Waals surface area contributed by atoms with E-state index >= 15 is 0 Å². The van der Waals surface area contributed by atoms with Crippen LogP contribution >= 0.6 is 0 Å². The van der Waals surface area contributed by atoms with E-state index < -0.39 is 5.97 Å². The van der Waals surface area contributed by atoms with Gasteiger partial charge in [0.2, 0.25) is 0 Å². The van der Waals surface area contributed by atoms with E-state index in [4.69, 9.17) is 5.11 Å². The molecule has 0 saturated heterocycles. The van der Waals surface area contributed by atoms with Crippen LogP contribution in [-0.4, -0.2) is 33.8 Å². The smallest absolute Gasteiger partial charge is 0.354 e. The molecule has 1 saturated carbocycles. The van der Waals surface area contributed by atoms with Gasteiger partial charge >= 0.3 is 5.97 Å². The fraction of sp³-hybridized carbons (Fsp3) is 0.571. The highest BCUT2D eigenvalue weighted by atomic mass is 16.4. The normalized spacial score (nSPS) is 23.2. The van der Waals surface area contributed by atoms with Gasteiger partial charge in [-0.15, -0.1) is 0 Å². The van der Waals surface area contributed by atoms with Crippen molar-refractivity contribution in [2.75, 3.05) is 6.54 Å². The third-order valence-electron chi connectivity index (χ3n) is 3.61. The van der Waals surface area contributed by atoms with Crippen molar-refractivity contribution in [2.24, 2.45) is 5.92 Å². The van der Waals surface area contributed by atoms with Crippen molar-refractivity contribution in [3.05, 3.63) is 29.6 Å². The summed E-state index contributed by atoms with van der Waals surface area (Å²) in [5.74, 6) is -0.707. The van der Waals surface area contributed by atoms with Gasteiger partial charge in [0.05, 0.1) is 11.8 Å². The predicted molar refractivity (Wildman–Crippen MR) is 70.9 cm³/mol. The molecule has 0 bridgehead atoms. The monoisotopic (exact) mass is 264 g/mol. The Kier molecular flexibility index (Phi) is 4.87. The molecule has 0 amide bonds. The van der Waals surface area contributed by atoms with E-state index in [2.05, 4.69) is 10.3 Å². The molecule has 2 atom stereocenters. The number of carboxylic acid groups (broad SMARTS) is 1. The van der Waals surface area contributed by atoms with Gasteiger partial charge in [-0.05, 0) is 30.9 Å². The zero-order chi connectivity index (χ0) is 13.7. The second-order valence-electron chi connectivity index (χ2n) is 5.06. The molecule has 0 spiro atoms. The maximum Gasteiger partial charge on any atom is 0.354 e. The number of aliphatic hydroxyl groups is 1. The minimum absolute atomic E-state index is 0.0667. The second-order valence-corrected chi connectivity index (χ2v) is 5.06. The van der Waals surface area contributed by atoms with E-state index in [0.717, 1.165) is 25.8 Å². The number of hydrogen-bond donors (Lipinski definition) is 3. The summed E-state index contributed by atoms with van der Waals surface area (Å²) in [5, 5.41) is 22.0. The molecule has 1 aliphatic carbocycles. The van der Waals surface area contributed by atoms with Crippen molar-refractivity contribution in [1.82, 2.24) is 10.3 Å². The Morgan fingerprint density at radius 2 is 2.16 bits per heavy atom. The number of carboxylic acids is 1. The lowest BCUT2D eigenvalue weighted by Gasteiger charge is -2.27. The Bertz CT molecular complexity index is 436. The number of aromatic carboxylic acids is 1. The molecule has 2 rings (SSSR count). The summed E-state index contributed by atoms with van der Waals surface area (Å²) >= 11 is 0. The SMILES string of the molecule is O=C(O)c1cccc(CNCC2CCCCC2O)n1. The first-order chi connectivity index (χ1) is 9.16. The fourth-order valence-corrected chi connectivity index (χ4v) is 2.51. The van der Waals surface area contributed by atoms with Crippen molar-refractivity contribution in [3.8, 4) is 0 Å². The van der Waals surface area contributed by atoms with Crippen LogP contribution in [0.5, 0.6) is 0 Å². The minimum atomic E-state index is -1.01. The molecule has 1 fully saturated rings. The van der Waals surface area contributed by atoms with E-state index in [1.54, 1.807) is 12.1 Å². The number of pyridine rings is 1. The maximum atomic E-state index is 10.8. The van der Waals surface area contributed by atoms with Gasteiger partial charge in [0.15, 0.2) is 0 Å². The third-order valence-corrected chi connectivity index (χ3v) is 3.61. The van der Waals surface area contributed by atoms with E-state index in [-0.39, 0.29) is 11.8 Å². The summed E-state index contributed by atoms with van der Waals surface area (Å²) in [6, 6.07) is 4.98. The molecular weight excluding hydrogens is 244 g/mol. The second kappa shape index (κ2) is 6.63. The average Bonchev–Trinajstić information content (AvgIpc) is 2.41. The van der Waals surface area contributed by atoms with Crippen molar-refractivity contribution >= 4 is 5.97 Å². The molecule has 1 aliphatic rings. The van der Waals surface area contributed by atoms with Crippen LogP contribution in [0, 0.1) is 5.92 Å². The maximum absolute atomic E-state index is 10.8. The number of aromatic nitrogens is 1. The molecule has 1 aromatic rings. The van der Waals surface area contributed by atoms with Crippen molar-refractivity contribution in [2.45, 2.75) is 38.3 Å². The van der Waals surface area contributed by atoms with E-state index in [1.165, 1.54) is 12.5 Å². The molecule has 5 nitrogen and oxygen atoms in total. The van der Waals surface area contributed by atoms with Gasteiger partial charge in [0.25, 0.3) is 0 Å². The third kappa shape index (κ3) is 4.01. The molecule has 0 aliphatic heterocycles. The number of aliphatic hydroxyl groups excluding tert-OH is 1. The standard InChI is InChI=1S/C14H20N2O3/c17-13-7-2-1-4-10(13)8-15-9-11-5-3-6-12(16-11)14(18)19/h3,5-6,10,13,15,17H,1-2,4,7-9H2,(H,18,19). The summed E-state index contributed by atoms with van der Waals surface area (Å²) in [4.78, 5) is 14.9. The highest BCUT2D eigenvalue weighted by Gasteiger charge is 2.22. The molecule has 104 valence electrons. The number of carbonyl (C=O) groups is 1. The summed E-state index contributed by atoms with van der Waals surface area (Å²) in [6.45, 7) is 1.28. The first kappa shape index (κ1) is 14.0. The Balaban J connectivity index is 1.82. The molecule has 5 heteroatoms. The number of nitrogens with one attached hydrogen (secondary N) is 1. The Hall–Kier alpha value is -1.46. The number of rotatable bonds is 5. The van der Waals surface area contributed by atoms with Crippen LogP contribution in [-0.2, 0) is 6.54 Å². The Morgan fingerprint density at radius 1 is 1.37 bits per heavy atom. The van der Waals surface area contributed by atoms with Gasteiger partial charge in [-0.25, -0.2) is 9.78 Å². The molecule has 1 heterocycles. The zero-order valence-corrected chi connectivity index (χ0v) is 10.9. The van der Waals surface area contributed by atoms with Crippen molar-refractivity contribution < 1.29 is 15.0 Å². The summed E-state index contributed by atoms with van der Waals surface area (Å²) in [7, 11) is 0. The Labute approximate surface area is 112 Å². The molecular formula is C14H20N2O3. The van der Waals surface area contributed by atoms with E-state index in [9.17, 15) is 9.90 Å². The molecule has 3 N–H and O–H groups in total. The molecule has 2 unspecified atom stereocenters. The first-order valence-corrected chi connectivity index (χ1v) is 6.75. The quantitative estimate of drug-likeness (QED) is 0.749. The van der Waals surface area contributed by atoms with E-state index in [0.29, 0.717) is 18.2 Å². The van der Waals surface area contributed by atoms with Crippen LogP contribution in [0.3, 0.4) is 0 Å². The van der Waals surface area contributed by atoms with Gasteiger partial charge in [-0.1, -0.05) is 18.9 Å². The average molecular weight is 264 g/mol. The first-order valence-electron chi connectivity index (χ1n) is 6.75. The topological polar surface area (TPSA) is 82.5 Å². The van der Waals surface area contributed by atoms with Gasteiger partial charge in [0, 0.05) is 13.1 Å². The van der Waals surface area contributed by atoms with Crippen LogP contribution in [0.1, 0.15) is 41.9 Å². The molecule has 0 aromatic carbocycles. The van der Waals surface area contributed by atoms with Crippen LogP contribution in [0.15, 0.2) is 18.2 Å². The van der Waals surface area contributed by atoms with Gasteiger partial charge in [-0.2, -0.15) is 0 Å². The lowest BCUT2D eigenvalue weighted by Crippen LogP contribution is -2.33. The van der Waals surface area contributed by atoms with Crippen LogP contribution in [0.2, 0.25) is 0 Å². The van der Waals surface area contributed by atoms with Crippen LogP contribution < -0.4 is 5.32 Å². The zero-order valence-electron chi connectivity index (χ0n) is 10.9. The predicted octanol–water partition coefficient (Wildman–Crippen LogP) is 1.42. The van der Waals surface area contributed by atoms with Gasteiger partial charge in [-0.3, -0.25) is 0 Å². The highest BCUT2D eigenvalue weighted by Crippen LogP contribution is 2.23. The van der Waals surface area contributed by atoms with Crippen molar-refractivity contribution in [3.63, 3.8) is 0 Å². The summed E-state index contributed by atoms with van der Waals surface area (Å²) in [5.41, 5.74) is 0.780. The van der Waals surface area contributed by atoms with Gasteiger partial charge in [0.1, 0.15) is 5.69 Å². The van der Waals surface area contributed by atoms with Crippen molar-refractivity contribution in [1.29, 1.82) is 0 Å². The molecule has 0 radical (unpaired) electrons. The lowest BCUT2D eigenvalue weighted by atomic mass is 9.86. The Morgan fingerprint density at radius 3 is 2.89 bits per heavy atom.